The van der Waals surface area contributed by atoms with Crippen molar-refractivity contribution < 1.29 is 4.79 Å². The molecule has 2 aromatic rings. The number of nitrogens with zero attached hydrogens (tertiary/aromatic N) is 1. The minimum absolute atomic E-state index is 0.0836. The second kappa shape index (κ2) is 7.02. The summed E-state index contributed by atoms with van der Waals surface area (Å²) in [7, 11) is 0. The Balaban J connectivity index is 1.97. The van der Waals surface area contributed by atoms with E-state index in [2.05, 4.69) is 24.1 Å². The first-order valence-electron chi connectivity index (χ1n) is 6.71. The van der Waals surface area contributed by atoms with Crippen LogP contribution in [0, 0.1) is 5.92 Å². The van der Waals surface area contributed by atoms with E-state index < -0.39 is 0 Å². The molecule has 0 aliphatic carbocycles. The minimum atomic E-state index is -0.118. The number of anilines is 1. The first-order valence-corrected chi connectivity index (χ1v) is 7.96. The number of benzene rings is 1. The Morgan fingerprint density at radius 1 is 1.48 bits per heavy atom. The van der Waals surface area contributed by atoms with E-state index in [0.29, 0.717) is 16.6 Å². The van der Waals surface area contributed by atoms with Gasteiger partial charge in [-0.05, 0) is 24.1 Å². The van der Waals surface area contributed by atoms with E-state index in [9.17, 15) is 4.79 Å². The van der Waals surface area contributed by atoms with Gasteiger partial charge in [-0.25, -0.2) is 4.98 Å². The maximum absolute atomic E-state index is 12.0. The summed E-state index contributed by atoms with van der Waals surface area (Å²) in [4.78, 5) is 16.4. The number of halogens is 1. The van der Waals surface area contributed by atoms with E-state index in [4.69, 9.17) is 17.3 Å². The molecule has 1 amide bonds. The number of carbonyl (C=O) groups excluding carboxylic acids is 1. The number of nitrogens with one attached hydrogen (secondary N) is 1. The fourth-order valence-corrected chi connectivity index (χ4v) is 2.96. The quantitative estimate of drug-likeness (QED) is 0.882. The van der Waals surface area contributed by atoms with Crippen LogP contribution in [-0.2, 0) is 11.2 Å². The van der Waals surface area contributed by atoms with E-state index in [-0.39, 0.29) is 18.4 Å². The summed E-state index contributed by atoms with van der Waals surface area (Å²) in [5, 5.41) is 6.15. The van der Waals surface area contributed by atoms with Crippen LogP contribution in [0.2, 0.25) is 5.02 Å². The lowest BCUT2D eigenvalue weighted by atomic mass is 10.1. The zero-order valence-electron chi connectivity index (χ0n) is 12.0. The molecule has 0 fully saturated rings. The second-order valence-corrected chi connectivity index (χ2v) is 6.51. The van der Waals surface area contributed by atoms with Gasteiger partial charge in [-0.15, -0.1) is 11.3 Å². The number of aromatic nitrogens is 1. The standard InChI is InChI=1S/C15H18ClN3OS/c1-9(2)14(17)15-19-12(8-21-15)7-13(20)18-11-5-3-4-10(16)6-11/h3-6,8-9,14H,7,17H2,1-2H3,(H,18,20). The van der Waals surface area contributed by atoms with Crippen molar-refractivity contribution >= 4 is 34.5 Å². The number of amides is 1. The molecule has 0 aliphatic heterocycles. The summed E-state index contributed by atoms with van der Waals surface area (Å²) in [6.45, 7) is 4.11. The fourth-order valence-electron chi connectivity index (χ4n) is 1.78. The molecule has 0 spiro atoms. The van der Waals surface area contributed by atoms with E-state index in [0.717, 1.165) is 10.7 Å². The lowest BCUT2D eigenvalue weighted by Crippen LogP contribution is -2.17. The van der Waals surface area contributed by atoms with Crippen LogP contribution in [0.15, 0.2) is 29.6 Å². The molecule has 21 heavy (non-hydrogen) atoms. The number of hydrogen-bond donors (Lipinski definition) is 2. The molecule has 2 rings (SSSR count). The zero-order chi connectivity index (χ0) is 15.4. The lowest BCUT2D eigenvalue weighted by molar-refractivity contribution is -0.115. The summed E-state index contributed by atoms with van der Waals surface area (Å²) in [5.41, 5.74) is 7.48. The molecule has 0 bridgehead atoms. The van der Waals surface area contributed by atoms with Crippen molar-refractivity contribution in [3.8, 4) is 0 Å². The van der Waals surface area contributed by atoms with Crippen LogP contribution < -0.4 is 11.1 Å². The summed E-state index contributed by atoms with van der Waals surface area (Å²) >= 11 is 7.38. The highest BCUT2D eigenvalue weighted by atomic mass is 35.5. The molecule has 1 unspecified atom stereocenters. The summed E-state index contributed by atoms with van der Waals surface area (Å²) in [5.74, 6) is 0.205. The molecular formula is C15H18ClN3OS. The number of carbonyl (C=O) groups is 1. The van der Waals surface area contributed by atoms with Crippen molar-refractivity contribution in [1.82, 2.24) is 4.98 Å². The average molecular weight is 324 g/mol. The molecule has 0 saturated heterocycles. The Morgan fingerprint density at radius 2 is 2.24 bits per heavy atom. The van der Waals surface area contributed by atoms with Crippen molar-refractivity contribution in [3.05, 3.63) is 45.4 Å². The van der Waals surface area contributed by atoms with Crippen LogP contribution in [0.25, 0.3) is 0 Å². The van der Waals surface area contributed by atoms with Crippen LogP contribution in [0.4, 0.5) is 5.69 Å². The Morgan fingerprint density at radius 3 is 2.90 bits per heavy atom. The molecule has 3 N–H and O–H groups in total. The van der Waals surface area contributed by atoms with Crippen LogP contribution in [0.1, 0.15) is 30.6 Å². The summed E-state index contributed by atoms with van der Waals surface area (Å²) in [6, 6.07) is 6.98. The smallest absolute Gasteiger partial charge is 0.230 e. The highest BCUT2D eigenvalue weighted by Crippen LogP contribution is 2.23. The predicted octanol–water partition coefficient (Wildman–Crippen LogP) is 3.63. The number of thiazole rings is 1. The monoisotopic (exact) mass is 323 g/mol. The molecule has 1 aromatic heterocycles. The van der Waals surface area contributed by atoms with Crippen LogP contribution >= 0.6 is 22.9 Å². The summed E-state index contributed by atoms with van der Waals surface area (Å²) < 4.78 is 0. The van der Waals surface area contributed by atoms with Gasteiger partial charge in [0.1, 0.15) is 5.01 Å². The first-order chi connectivity index (χ1) is 9.95. The molecule has 6 heteroatoms. The van der Waals surface area contributed by atoms with Gasteiger partial charge in [0.05, 0.1) is 18.2 Å². The van der Waals surface area contributed by atoms with Crippen molar-refractivity contribution in [3.63, 3.8) is 0 Å². The van der Waals surface area contributed by atoms with E-state index in [1.807, 2.05) is 5.38 Å². The van der Waals surface area contributed by atoms with Crippen LogP contribution in [-0.4, -0.2) is 10.9 Å². The van der Waals surface area contributed by atoms with Gasteiger partial charge in [-0.3, -0.25) is 4.79 Å². The van der Waals surface area contributed by atoms with Gasteiger partial charge in [0.25, 0.3) is 0 Å². The SMILES string of the molecule is CC(C)C(N)c1nc(CC(=O)Nc2cccc(Cl)c2)cs1. The molecular weight excluding hydrogens is 306 g/mol. The minimum Gasteiger partial charge on any atom is -0.326 e. The molecule has 0 aliphatic rings. The normalized spacial score (nSPS) is 12.4. The maximum atomic E-state index is 12.0. The van der Waals surface area contributed by atoms with Crippen LogP contribution in [0.5, 0.6) is 0 Å². The Hall–Kier alpha value is -1.43. The molecule has 1 aromatic carbocycles. The van der Waals surface area contributed by atoms with E-state index in [1.165, 1.54) is 11.3 Å². The summed E-state index contributed by atoms with van der Waals surface area (Å²) in [6.07, 6.45) is 0.230. The van der Waals surface area contributed by atoms with Gasteiger partial charge in [0, 0.05) is 16.1 Å². The van der Waals surface area contributed by atoms with Crippen molar-refractivity contribution in [2.45, 2.75) is 26.3 Å². The zero-order valence-corrected chi connectivity index (χ0v) is 13.5. The largest absolute Gasteiger partial charge is 0.326 e. The third-order valence-electron chi connectivity index (χ3n) is 3.02. The van der Waals surface area contributed by atoms with Gasteiger partial charge in [-0.2, -0.15) is 0 Å². The first kappa shape index (κ1) is 15.9. The fraction of sp³-hybridized carbons (Fsp3) is 0.333. The Labute approximate surface area is 133 Å². The maximum Gasteiger partial charge on any atom is 0.230 e. The van der Waals surface area contributed by atoms with Crippen molar-refractivity contribution in [1.29, 1.82) is 0 Å². The van der Waals surface area contributed by atoms with Gasteiger partial charge >= 0.3 is 0 Å². The Bertz CT molecular complexity index is 627. The van der Waals surface area contributed by atoms with Gasteiger partial charge in [0.15, 0.2) is 0 Å². The van der Waals surface area contributed by atoms with Gasteiger partial charge in [0.2, 0.25) is 5.91 Å². The highest BCUT2D eigenvalue weighted by Gasteiger charge is 2.15. The van der Waals surface area contributed by atoms with Crippen molar-refractivity contribution in [2.75, 3.05) is 5.32 Å². The topological polar surface area (TPSA) is 68.0 Å². The van der Waals surface area contributed by atoms with E-state index >= 15 is 0 Å². The lowest BCUT2D eigenvalue weighted by Gasteiger charge is -2.11. The highest BCUT2D eigenvalue weighted by molar-refractivity contribution is 7.09. The van der Waals surface area contributed by atoms with Crippen molar-refractivity contribution in [2.24, 2.45) is 11.7 Å². The predicted molar refractivity (Wildman–Crippen MR) is 87.7 cm³/mol. The molecule has 112 valence electrons. The molecule has 0 radical (unpaired) electrons. The number of rotatable bonds is 5. The molecule has 1 heterocycles. The molecule has 0 saturated carbocycles. The Kier molecular flexibility index (Phi) is 5.33. The van der Waals surface area contributed by atoms with E-state index in [1.54, 1.807) is 24.3 Å². The third kappa shape index (κ3) is 4.52. The molecule has 1 atom stereocenters. The third-order valence-corrected chi connectivity index (χ3v) is 4.25. The average Bonchev–Trinajstić information content (AvgIpc) is 2.85. The second-order valence-electron chi connectivity index (χ2n) is 5.18. The molecule has 4 nitrogen and oxygen atoms in total. The van der Waals surface area contributed by atoms with Gasteiger partial charge < -0.3 is 11.1 Å². The number of hydrogen-bond acceptors (Lipinski definition) is 4. The van der Waals surface area contributed by atoms with Crippen LogP contribution in [0.3, 0.4) is 0 Å². The number of nitrogens with two attached hydrogens (primary N) is 1. The van der Waals surface area contributed by atoms with Gasteiger partial charge in [-0.1, -0.05) is 31.5 Å².